The Morgan fingerprint density at radius 2 is 1.18 bits per heavy atom. The largest absolute Gasteiger partial charge is 0.453 e. The van der Waals surface area contributed by atoms with Crippen molar-refractivity contribution in [2.24, 2.45) is 11.8 Å². The lowest BCUT2D eigenvalue weighted by atomic mass is 9.97. The van der Waals surface area contributed by atoms with E-state index in [-0.39, 0.29) is 0 Å². The molecule has 0 radical (unpaired) electrons. The number of hydrogen-bond acceptors (Lipinski definition) is 1. The van der Waals surface area contributed by atoms with Gasteiger partial charge >= 0.3 is 0 Å². The van der Waals surface area contributed by atoms with Gasteiger partial charge in [-0.2, -0.15) is 0 Å². The summed E-state index contributed by atoms with van der Waals surface area (Å²) in [6.07, 6.45) is 28.3. The number of fused-ring (bicyclic) bond motifs is 13. The first-order chi connectivity index (χ1) is 33.2. The van der Waals surface area contributed by atoms with Crippen molar-refractivity contribution in [3.8, 4) is 16.8 Å². The van der Waals surface area contributed by atoms with Crippen LogP contribution in [0, 0.1) is 11.8 Å². The second kappa shape index (κ2) is 14.1. The predicted octanol–water partition coefficient (Wildman–Crippen LogP) is 16.5. The highest BCUT2D eigenvalue weighted by Crippen LogP contribution is 2.52. The van der Waals surface area contributed by atoms with Crippen molar-refractivity contribution in [3.05, 3.63) is 223 Å². The molecule has 4 nitrogen and oxygen atoms in total. The summed E-state index contributed by atoms with van der Waals surface area (Å²) in [5, 5.41) is 8.45. The van der Waals surface area contributed by atoms with Gasteiger partial charge in [-0.25, -0.2) is 0 Å². The molecular formula is C63H43N3O. The fraction of sp³-hybridized carbons (Fsp3) is 0.0794. The lowest BCUT2D eigenvalue weighted by molar-refractivity contribution is 0.667. The van der Waals surface area contributed by atoms with Gasteiger partial charge in [0.2, 0.25) is 0 Å². The fourth-order valence-electron chi connectivity index (χ4n) is 11.9. The van der Waals surface area contributed by atoms with E-state index in [1.807, 2.05) is 0 Å². The van der Waals surface area contributed by atoms with Crippen LogP contribution in [0.15, 0.2) is 211 Å². The first-order valence-electron chi connectivity index (χ1n) is 23.7. The van der Waals surface area contributed by atoms with E-state index in [0.717, 1.165) is 73.9 Å². The number of hydrogen-bond donors (Lipinski definition) is 0. The molecule has 4 heterocycles. The van der Waals surface area contributed by atoms with Crippen LogP contribution in [0.3, 0.4) is 0 Å². The SMILES string of the molecule is C1=CCc2c(c3cc(-c4cccc5c4oc4c(-n6c7ccccc7c7ccccc76)cc(C6=CCC=CC(n7c8ccccc8c8ccccc87)=C6)cc45)ccc3n2C2=CC=CC3CC23)C=C1. The van der Waals surface area contributed by atoms with Crippen molar-refractivity contribution in [2.75, 3.05) is 0 Å². The van der Waals surface area contributed by atoms with E-state index in [1.165, 1.54) is 72.4 Å². The molecule has 2 unspecified atom stereocenters. The molecule has 15 rings (SSSR count). The predicted molar refractivity (Wildman–Crippen MR) is 281 cm³/mol. The first kappa shape index (κ1) is 36.9. The summed E-state index contributed by atoms with van der Waals surface area (Å²) in [4.78, 5) is 0. The monoisotopic (exact) mass is 857 g/mol. The zero-order valence-electron chi connectivity index (χ0n) is 36.7. The number of allylic oxidation sites excluding steroid dienone is 13. The van der Waals surface area contributed by atoms with Gasteiger partial charge in [0.05, 0.1) is 33.3 Å². The summed E-state index contributed by atoms with van der Waals surface area (Å²) in [5.74, 6) is 1.26. The van der Waals surface area contributed by atoms with Gasteiger partial charge < -0.3 is 18.1 Å². The Morgan fingerprint density at radius 3 is 1.93 bits per heavy atom. The van der Waals surface area contributed by atoms with Gasteiger partial charge in [-0.15, -0.1) is 0 Å². The quantitative estimate of drug-likeness (QED) is 0.169. The molecule has 1 saturated carbocycles. The Kier molecular flexibility index (Phi) is 7.76. The smallest absolute Gasteiger partial charge is 0.159 e. The standard InChI is InChI=1S/C63H43N3O/c1-2-19-49-52-36-41(32-33-60(52)65(58(49)26-3-1)59-31-14-17-40-35-51(40)59)44-24-15-25-50-53-37-42(38-61(63(53)67-62(44)50)66-56-29-12-8-22-47(56)48-23-9-13-30-57(48)66)39-16-4-5-18-43(34-39)64-54-27-10-6-20-45(54)46-21-7-11-28-55(46)64/h1-3,5-25,27-34,36-38,40,51H,4,26,35H2. The zero-order valence-corrected chi connectivity index (χ0v) is 36.7. The molecular weight excluding hydrogens is 815 g/mol. The minimum absolute atomic E-state index is 0.597. The highest BCUT2D eigenvalue weighted by molar-refractivity contribution is 6.16. The Labute approximate surface area is 387 Å². The van der Waals surface area contributed by atoms with E-state index < -0.39 is 0 Å². The lowest BCUT2D eigenvalue weighted by Gasteiger charge is -2.16. The average molecular weight is 858 g/mol. The van der Waals surface area contributed by atoms with Crippen LogP contribution in [-0.2, 0) is 6.42 Å². The third kappa shape index (κ3) is 5.41. The number of nitrogens with zero attached hydrogens (tertiary/aromatic N) is 3. The summed E-state index contributed by atoms with van der Waals surface area (Å²) >= 11 is 0. The Bertz CT molecular complexity index is 4090. The maximum Gasteiger partial charge on any atom is 0.159 e. The Hall–Kier alpha value is -8.34. The van der Waals surface area contributed by atoms with Gasteiger partial charge in [0.15, 0.2) is 5.58 Å². The minimum atomic E-state index is 0.597. The van der Waals surface area contributed by atoms with Gasteiger partial charge in [-0.05, 0) is 102 Å². The summed E-state index contributed by atoms with van der Waals surface area (Å²) in [6, 6.07) is 53.6. The van der Waals surface area contributed by atoms with Crippen LogP contribution in [0.2, 0.25) is 0 Å². The summed E-state index contributed by atoms with van der Waals surface area (Å²) < 4.78 is 14.8. The number of para-hydroxylation sites is 5. The lowest BCUT2D eigenvalue weighted by Crippen LogP contribution is -2.06. The molecule has 4 aliphatic carbocycles. The molecule has 1 fully saturated rings. The van der Waals surface area contributed by atoms with Crippen molar-refractivity contribution in [3.63, 3.8) is 0 Å². The molecule has 67 heavy (non-hydrogen) atoms. The second-order valence-electron chi connectivity index (χ2n) is 18.7. The number of benzene rings is 7. The Morgan fingerprint density at radius 1 is 0.507 bits per heavy atom. The normalized spacial score (nSPS) is 17.7. The maximum absolute atomic E-state index is 7.38. The highest BCUT2D eigenvalue weighted by atomic mass is 16.3. The summed E-state index contributed by atoms with van der Waals surface area (Å²) in [5.41, 5.74) is 18.6. The van der Waals surface area contributed by atoms with Crippen LogP contribution >= 0.6 is 0 Å². The van der Waals surface area contributed by atoms with Gasteiger partial charge in [-0.3, -0.25) is 0 Å². The van der Waals surface area contributed by atoms with Crippen LogP contribution in [0.5, 0.6) is 0 Å². The number of aromatic nitrogens is 3. The molecule has 0 N–H and O–H groups in total. The molecule has 0 aliphatic heterocycles. The summed E-state index contributed by atoms with van der Waals surface area (Å²) in [7, 11) is 0. The number of furan rings is 1. The van der Waals surface area contributed by atoms with Crippen molar-refractivity contribution < 1.29 is 4.42 Å². The van der Waals surface area contributed by atoms with Gasteiger partial charge in [0.25, 0.3) is 0 Å². The molecule has 7 aromatic carbocycles. The third-order valence-electron chi connectivity index (χ3n) is 15.0. The molecule has 0 spiro atoms. The van der Waals surface area contributed by atoms with Crippen LogP contribution in [0.1, 0.15) is 29.7 Å². The molecule has 11 aromatic rings. The Balaban J connectivity index is 0.971. The maximum atomic E-state index is 7.38. The average Bonchev–Trinajstić information content (AvgIpc) is 3.91. The fourth-order valence-corrected chi connectivity index (χ4v) is 11.9. The van der Waals surface area contributed by atoms with E-state index in [2.05, 4.69) is 226 Å². The molecule has 316 valence electrons. The molecule has 4 aromatic heterocycles. The zero-order chi connectivity index (χ0) is 43.7. The molecule has 2 atom stereocenters. The van der Waals surface area contributed by atoms with E-state index >= 15 is 0 Å². The van der Waals surface area contributed by atoms with Crippen LogP contribution in [-0.4, -0.2) is 13.7 Å². The van der Waals surface area contributed by atoms with Crippen LogP contribution in [0.25, 0.3) is 116 Å². The van der Waals surface area contributed by atoms with Gasteiger partial charge in [0.1, 0.15) is 5.58 Å². The molecule has 4 heteroatoms. The van der Waals surface area contributed by atoms with Crippen molar-refractivity contribution >= 4 is 99.5 Å². The topological polar surface area (TPSA) is 27.9 Å². The van der Waals surface area contributed by atoms with E-state index in [1.54, 1.807) is 0 Å². The van der Waals surface area contributed by atoms with Gasteiger partial charge in [0, 0.05) is 78.3 Å². The first-order valence-corrected chi connectivity index (χ1v) is 23.7. The third-order valence-corrected chi connectivity index (χ3v) is 15.0. The van der Waals surface area contributed by atoms with Crippen molar-refractivity contribution in [2.45, 2.75) is 19.3 Å². The van der Waals surface area contributed by atoms with Crippen molar-refractivity contribution in [1.82, 2.24) is 13.7 Å². The van der Waals surface area contributed by atoms with Gasteiger partial charge in [-0.1, -0.05) is 146 Å². The minimum Gasteiger partial charge on any atom is -0.453 e. The van der Waals surface area contributed by atoms with Crippen LogP contribution in [0.4, 0.5) is 0 Å². The molecule has 0 saturated heterocycles. The summed E-state index contributed by atoms with van der Waals surface area (Å²) in [6.45, 7) is 0. The molecule has 0 amide bonds. The second-order valence-corrected chi connectivity index (χ2v) is 18.7. The molecule has 0 bridgehead atoms. The number of rotatable bonds is 5. The van der Waals surface area contributed by atoms with E-state index in [9.17, 15) is 0 Å². The van der Waals surface area contributed by atoms with E-state index in [0.29, 0.717) is 11.8 Å². The van der Waals surface area contributed by atoms with Crippen molar-refractivity contribution in [1.29, 1.82) is 0 Å². The highest BCUT2D eigenvalue weighted by Gasteiger charge is 2.41. The van der Waals surface area contributed by atoms with E-state index in [4.69, 9.17) is 4.42 Å². The van der Waals surface area contributed by atoms with Crippen LogP contribution < -0.4 is 0 Å². The molecule has 4 aliphatic rings.